The van der Waals surface area contributed by atoms with Gasteiger partial charge in [-0.25, -0.2) is 13.1 Å². The minimum Gasteiger partial charge on any atom is -0.311 e. The first-order valence-corrected chi connectivity index (χ1v) is 11.9. The summed E-state index contributed by atoms with van der Waals surface area (Å²) < 4.78 is 26.8. The number of amides is 1. The third kappa shape index (κ3) is 5.61. The Kier molecular flexibility index (Phi) is 6.36. The van der Waals surface area contributed by atoms with E-state index in [9.17, 15) is 13.2 Å². The predicted octanol–water partition coefficient (Wildman–Crippen LogP) is 4.59. The van der Waals surface area contributed by atoms with Crippen molar-refractivity contribution in [3.63, 3.8) is 0 Å². The zero-order valence-electron chi connectivity index (χ0n) is 18.6. The highest BCUT2D eigenvalue weighted by molar-refractivity contribution is 7.91. The van der Waals surface area contributed by atoms with Crippen molar-refractivity contribution in [3.8, 4) is 5.69 Å². The monoisotopic (exact) mass is 439 g/mol. The van der Waals surface area contributed by atoms with Gasteiger partial charge in [-0.3, -0.25) is 4.79 Å². The zero-order chi connectivity index (χ0) is 22.8. The van der Waals surface area contributed by atoms with E-state index in [1.54, 1.807) is 28.9 Å². The number of benzene rings is 2. The van der Waals surface area contributed by atoms with Crippen molar-refractivity contribution in [2.24, 2.45) is 0 Å². The molecule has 0 saturated heterocycles. The van der Waals surface area contributed by atoms with E-state index in [1.165, 1.54) is 0 Å². The fourth-order valence-corrected chi connectivity index (χ4v) is 4.33. The molecular formula is C24H29N3O3S. The summed E-state index contributed by atoms with van der Waals surface area (Å²) in [5.41, 5.74) is 3.51. The van der Waals surface area contributed by atoms with Gasteiger partial charge < -0.3 is 5.32 Å². The Balaban J connectivity index is 1.80. The van der Waals surface area contributed by atoms with Crippen molar-refractivity contribution in [1.82, 2.24) is 9.78 Å². The number of sulfone groups is 1. The van der Waals surface area contributed by atoms with Crippen LogP contribution in [0.1, 0.15) is 44.0 Å². The maximum absolute atomic E-state index is 12.6. The Bertz CT molecular complexity index is 1190. The third-order valence-electron chi connectivity index (χ3n) is 4.97. The van der Waals surface area contributed by atoms with Gasteiger partial charge in [-0.1, -0.05) is 50.6 Å². The molecule has 0 atom stereocenters. The zero-order valence-corrected chi connectivity index (χ0v) is 19.5. The summed E-state index contributed by atoms with van der Waals surface area (Å²) in [7, 11) is -3.53. The second-order valence-electron chi connectivity index (χ2n) is 8.85. The SMILES string of the molecule is Cc1ccc(S(=O)(=O)CCC(=O)Nc2cc(C(C)(C)C)nn2-c2cccc(C)c2)cc1. The Morgan fingerprint density at radius 3 is 2.29 bits per heavy atom. The maximum Gasteiger partial charge on any atom is 0.226 e. The molecule has 0 aliphatic carbocycles. The molecule has 3 rings (SSSR count). The molecule has 1 aromatic heterocycles. The number of anilines is 1. The summed E-state index contributed by atoms with van der Waals surface area (Å²) >= 11 is 0. The number of nitrogens with zero attached hydrogens (tertiary/aromatic N) is 2. The van der Waals surface area contributed by atoms with Gasteiger partial charge in [0.1, 0.15) is 5.82 Å². The maximum atomic E-state index is 12.6. The molecule has 0 unspecified atom stereocenters. The van der Waals surface area contributed by atoms with E-state index in [4.69, 9.17) is 5.10 Å². The molecule has 0 aliphatic rings. The number of rotatable bonds is 6. The molecule has 1 heterocycles. The molecule has 1 N–H and O–H groups in total. The molecule has 2 aromatic carbocycles. The highest BCUT2D eigenvalue weighted by atomic mass is 32.2. The fraction of sp³-hybridized carbons (Fsp3) is 0.333. The second-order valence-corrected chi connectivity index (χ2v) is 11.0. The lowest BCUT2D eigenvalue weighted by Gasteiger charge is -2.14. The first-order chi connectivity index (χ1) is 14.5. The van der Waals surface area contributed by atoms with E-state index in [-0.39, 0.29) is 28.4 Å². The topological polar surface area (TPSA) is 81.1 Å². The van der Waals surface area contributed by atoms with E-state index >= 15 is 0 Å². The molecule has 31 heavy (non-hydrogen) atoms. The highest BCUT2D eigenvalue weighted by Gasteiger charge is 2.22. The number of hydrogen-bond acceptors (Lipinski definition) is 4. The van der Waals surface area contributed by atoms with Crippen LogP contribution in [0.3, 0.4) is 0 Å². The first kappa shape index (κ1) is 22.7. The van der Waals surface area contributed by atoms with Gasteiger partial charge in [0, 0.05) is 17.9 Å². The van der Waals surface area contributed by atoms with Crippen LogP contribution in [0.5, 0.6) is 0 Å². The normalized spacial score (nSPS) is 12.0. The van der Waals surface area contributed by atoms with Crippen LogP contribution in [0, 0.1) is 13.8 Å². The lowest BCUT2D eigenvalue weighted by atomic mass is 9.92. The average molecular weight is 440 g/mol. The standard InChI is InChI=1S/C24H29N3O3S/c1-17-9-11-20(12-10-17)31(29,30)14-13-23(28)25-22-16-21(24(3,4)5)26-27(22)19-8-6-7-18(2)15-19/h6-12,15-16H,13-14H2,1-5H3,(H,25,28). The number of aryl methyl sites for hydroxylation is 2. The summed E-state index contributed by atoms with van der Waals surface area (Å²) in [6, 6.07) is 16.3. The van der Waals surface area contributed by atoms with Crippen molar-refractivity contribution in [3.05, 3.63) is 71.4 Å². The molecule has 0 spiro atoms. The van der Waals surface area contributed by atoms with Crippen LogP contribution in [0.2, 0.25) is 0 Å². The van der Waals surface area contributed by atoms with Gasteiger partial charge >= 0.3 is 0 Å². The lowest BCUT2D eigenvalue weighted by Crippen LogP contribution is -2.19. The molecule has 0 bridgehead atoms. The van der Waals surface area contributed by atoms with Crippen LogP contribution >= 0.6 is 0 Å². The van der Waals surface area contributed by atoms with Gasteiger partial charge in [0.25, 0.3) is 0 Å². The second kappa shape index (κ2) is 8.67. The fourth-order valence-electron chi connectivity index (χ4n) is 3.09. The van der Waals surface area contributed by atoms with Crippen LogP contribution in [-0.4, -0.2) is 29.9 Å². The van der Waals surface area contributed by atoms with Crippen molar-refractivity contribution in [2.75, 3.05) is 11.1 Å². The van der Waals surface area contributed by atoms with Gasteiger partial charge in [-0.2, -0.15) is 5.10 Å². The van der Waals surface area contributed by atoms with Gasteiger partial charge in [-0.05, 0) is 43.7 Å². The van der Waals surface area contributed by atoms with Gasteiger partial charge in [0.05, 0.1) is 22.0 Å². The Hall–Kier alpha value is -2.93. The first-order valence-electron chi connectivity index (χ1n) is 10.2. The van der Waals surface area contributed by atoms with E-state index < -0.39 is 9.84 Å². The summed E-state index contributed by atoms with van der Waals surface area (Å²) in [5.74, 6) is -0.106. The smallest absolute Gasteiger partial charge is 0.226 e. The third-order valence-corrected chi connectivity index (χ3v) is 6.70. The van der Waals surface area contributed by atoms with Gasteiger partial charge in [0.15, 0.2) is 9.84 Å². The van der Waals surface area contributed by atoms with Crippen LogP contribution in [0.15, 0.2) is 59.5 Å². The largest absolute Gasteiger partial charge is 0.311 e. The number of carbonyl (C=O) groups is 1. The highest BCUT2D eigenvalue weighted by Crippen LogP contribution is 2.26. The van der Waals surface area contributed by atoms with Crippen molar-refractivity contribution >= 4 is 21.6 Å². The summed E-state index contributed by atoms with van der Waals surface area (Å²) in [4.78, 5) is 12.9. The average Bonchev–Trinajstić information content (AvgIpc) is 3.11. The number of hydrogen-bond donors (Lipinski definition) is 1. The van der Waals surface area contributed by atoms with Crippen LogP contribution in [0.4, 0.5) is 5.82 Å². The van der Waals surface area contributed by atoms with E-state index in [1.807, 2.05) is 44.2 Å². The summed E-state index contributed by atoms with van der Waals surface area (Å²) in [6.45, 7) is 10.0. The molecule has 1 amide bonds. The quantitative estimate of drug-likeness (QED) is 0.609. The van der Waals surface area contributed by atoms with Crippen molar-refractivity contribution < 1.29 is 13.2 Å². The minimum atomic E-state index is -3.53. The Labute approximate surface area is 184 Å². The molecule has 164 valence electrons. The van der Waals surface area contributed by atoms with Crippen LogP contribution < -0.4 is 5.32 Å². The lowest BCUT2D eigenvalue weighted by molar-refractivity contribution is -0.115. The predicted molar refractivity (Wildman–Crippen MR) is 123 cm³/mol. The van der Waals surface area contributed by atoms with Gasteiger partial charge in [-0.15, -0.1) is 0 Å². The van der Waals surface area contributed by atoms with Crippen LogP contribution in [-0.2, 0) is 20.0 Å². The summed E-state index contributed by atoms with van der Waals surface area (Å²) in [6.07, 6.45) is -0.139. The van der Waals surface area contributed by atoms with Crippen LogP contribution in [0.25, 0.3) is 5.69 Å². The molecule has 0 aliphatic heterocycles. The number of aromatic nitrogens is 2. The Morgan fingerprint density at radius 1 is 1.00 bits per heavy atom. The van der Waals surface area contributed by atoms with E-state index in [2.05, 4.69) is 26.1 Å². The molecule has 0 saturated carbocycles. The van der Waals surface area contributed by atoms with Crippen molar-refractivity contribution in [2.45, 2.75) is 51.3 Å². The van der Waals surface area contributed by atoms with E-state index in [0.717, 1.165) is 22.5 Å². The molecule has 3 aromatic rings. The molecule has 0 radical (unpaired) electrons. The van der Waals surface area contributed by atoms with Crippen molar-refractivity contribution in [1.29, 1.82) is 0 Å². The summed E-state index contributed by atoms with van der Waals surface area (Å²) in [5, 5.41) is 7.55. The minimum absolute atomic E-state index is 0.139. The number of carbonyl (C=O) groups excluding carboxylic acids is 1. The molecule has 7 heteroatoms. The molecular weight excluding hydrogens is 410 g/mol. The molecule has 6 nitrogen and oxygen atoms in total. The van der Waals surface area contributed by atoms with E-state index in [0.29, 0.717) is 5.82 Å². The molecule has 0 fully saturated rings. The van der Waals surface area contributed by atoms with Gasteiger partial charge in [0.2, 0.25) is 5.91 Å². The Morgan fingerprint density at radius 2 is 1.68 bits per heavy atom. The number of nitrogens with one attached hydrogen (secondary N) is 1.